The van der Waals surface area contributed by atoms with Crippen LogP contribution in [0.4, 0.5) is 4.79 Å². The molecule has 19 heavy (non-hydrogen) atoms. The van der Waals surface area contributed by atoms with Crippen LogP contribution in [-0.4, -0.2) is 52.5 Å². The van der Waals surface area contributed by atoms with Crippen LogP contribution in [-0.2, 0) is 4.79 Å². The van der Waals surface area contributed by atoms with Crippen molar-refractivity contribution < 1.29 is 9.59 Å². The van der Waals surface area contributed by atoms with Gasteiger partial charge >= 0.3 is 6.03 Å². The summed E-state index contributed by atoms with van der Waals surface area (Å²) in [6.45, 7) is 6.37. The molecule has 0 radical (unpaired) electrons. The molecule has 0 N–H and O–H groups in total. The Bertz CT molecular complexity index is 483. The van der Waals surface area contributed by atoms with E-state index in [2.05, 4.69) is 9.98 Å². The van der Waals surface area contributed by atoms with Crippen molar-refractivity contribution in [2.45, 2.75) is 45.7 Å². The molecule has 0 saturated carbocycles. The number of urea groups is 1. The molecular formula is C13H20N4O2. The molecule has 0 aromatic rings. The zero-order valence-corrected chi connectivity index (χ0v) is 11.9. The second kappa shape index (κ2) is 4.75. The van der Waals surface area contributed by atoms with E-state index in [-0.39, 0.29) is 11.9 Å². The first-order valence-electron chi connectivity index (χ1n) is 6.73. The third-order valence-electron chi connectivity index (χ3n) is 3.52. The van der Waals surface area contributed by atoms with E-state index in [4.69, 9.17) is 0 Å². The van der Waals surface area contributed by atoms with Crippen LogP contribution in [0.1, 0.15) is 40.0 Å². The minimum absolute atomic E-state index is 0.280. The van der Waals surface area contributed by atoms with Crippen LogP contribution in [0.5, 0.6) is 0 Å². The van der Waals surface area contributed by atoms with E-state index in [9.17, 15) is 9.59 Å². The summed E-state index contributed by atoms with van der Waals surface area (Å²) in [6.07, 6.45) is 2.29. The Labute approximate surface area is 113 Å². The average molecular weight is 264 g/mol. The maximum Gasteiger partial charge on any atom is 0.328 e. The van der Waals surface area contributed by atoms with E-state index in [1.807, 2.05) is 13.8 Å². The van der Waals surface area contributed by atoms with Crippen molar-refractivity contribution in [1.29, 1.82) is 0 Å². The molecule has 0 bridgehead atoms. The molecule has 1 fully saturated rings. The molecule has 104 valence electrons. The summed E-state index contributed by atoms with van der Waals surface area (Å²) >= 11 is 0. The highest BCUT2D eigenvalue weighted by Crippen LogP contribution is 2.35. The van der Waals surface area contributed by atoms with Gasteiger partial charge in [0.1, 0.15) is 5.84 Å². The van der Waals surface area contributed by atoms with Crippen LogP contribution < -0.4 is 0 Å². The molecule has 1 saturated heterocycles. The van der Waals surface area contributed by atoms with Gasteiger partial charge in [0.15, 0.2) is 11.4 Å². The number of amides is 3. The van der Waals surface area contributed by atoms with E-state index >= 15 is 0 Å². The lowest BCUT2D eigenvalue weighted by atomic mass is 9.93. The molecule has 2 aliphatic rings. The number of carbonyl (C=O) groups excluding carboxylic acids is 2. The third-order valence-corrected chi connectivity index (χ3v) is 3.52. The van der Waals surface area contributed by atoms with Crippen molar-refractivity contribution >= 4 is 23.5 Å². The third kappa shape index (κ3) is 1.86. The summed E-state index contributed by atoms with van der Waals surface area (Å²) in [5, 5.41) is 0. The predicted octanol–water partition coefficient (Wildman–Crippen LogP) is 1.66. The number of carbonyl (C=O) groups is 2. The van der Waals surface area contributed by atoms with Gasteiger partial charge in [-0.15, -0.1) is 0 Å². The maximum atomic E-state index is 12.4. The highest BCUT2D eigenvalue weighted by Gasteiger charge is 2.55. The Morgan fingerprint density at radius 3 is 2.47 bits per heavy atom. The lowest BCUT2D eigenvalue weighted by Gasteiger charge is -2.44. The van der Waals surface area contributed by atoms with Crippen LogP contribution in [0.15, 0.2) is 9.98 Å². The largest absolute Gasteiger partial charge is 0.328 e. The van der Waals surface area contributed by atoms with Gasteiger partial charge < -0.3 is 0 Å². The minimum Gasteiger partial charge on any atom is -0.294 e. The zero-order chi connectivity index (χ0) is 14.2. The van der Waals surface area contributed by atoms with Crippen LogP contribution >= 0.6 is 0 Å². The number of hydrogen-bond acceptors (Lipinski definition) is 4. The Morgan fingerprint density at radius 1 is 1.21 bits per heavy atom. The Morgan fingerprint density at radius 2 is 1.89 bits per heavy atom. The second-order valence-corrected chi connectivity index (χ2v) is 4.98. The van der Waals surface area contributed by atoms with Gasteiger partial charge in [-0.05, 0) is 19.8 Å². The van der Waals surface area contributed by atoms with Gasteiger partial charge in [0, 0.05) is 13.6 Å². The normalized spacial score (nSPS) is 26.5. The summed E-state index contributed by atoms with van der Waals surface area (Å²) in [7, 11) is 1.50. The first-order valence-corrected chi connectivity index (χ1v) is 6.73. The Balaban J connectivity index is 2.54. The van der Waals surface area contributed by atoms with Crippen LogP contribution in [0.25, 0.3) is 0 Å². The quantitative estimate of drug-likeness (QED) is 0.775. The van der Waals surface area contributed by atoms with Crippen molar-refractivity contribution in [1.82, 2.24) is 9.80 Å². The Hall–Kier alpha value is -1.72. The van der Waals surface area contributed by atoms with Crippen molar-refractivity contribution in [3.8, 4) is 0 Å². The molecule has 3 amide bonds. The van der Waals surface area contributed by atoms with Gasteiger partial charge in [-0.3, -0.25) is 14.6 Å². The van der Waals surface area contributed by atoms with E-state index in [1.165, 1.54) is 7.05 Å². The highest BCUT2D eigenvalue weighted by molar-refractivity contribution is 6.48. The van der Waals surface area contributed by atoms with E-state index < -0.39 is 5.66 Å². The van der Waals surface area contributed by atoms with Crippen LogP contribution in [0.2, 0.25) is 0 Å². The molecule has 6 heteroatoms. The molecule has 0 aromatic heterocycles. The second-order valence-electron chi connectivity index (χ2n) is 4.98. The standard InChI is InChI=1S/C13H20N4O2/c1-5-7-13-10(14-9(3)15-13)11(18)16(4)12(19)17(13)8-6-2/h5-8H2,1-4H3. The number of fused-ring (bicyclic) bond motifs is 1. The van der Waals surface area contributed by atoms with Crippen LogP contribution in [0.3, 0.4) is 0 Å². The molecule has 2 aliphatic heterocycles. The summed E-state index contributed by atoms with van der Waals surface area (Å²) in [4.78, 5) is 36.3. The van der Waals surface area contributed by atoms with Crippen LogP contribution in [0, 0.1) is 0 Å². The molecule has 6 nitrogen and oxygen atoms in total. The summed E-state index contributed by atoms with van der Waals surface area (Å²) in [6, 6.07) is -0.280. The molecule has 1 atom stereocenters. The van der Waals surface area contributed by atoms with E-state index in [1.54, 1.807) is 11.8 Å². The van der Waals surface area contributed by atoms with Gasteiger partial charge in [0.2, 0.25) is 0 Å². The summed E-state index contributed by atoms with van der Waals surface area (Å²) in [5.41, 5.74) is -0.474. The first-order chi connectivity index (χ1) is 8.97. The Kier molecular flexibility index (Phi) is 3.43. The van der Waals surface area contributed by atoms with Crippen molar-refractivity contribution in [2.75, 3.05) is 13.6 Å². The van der Waals surface area contributed by atoms with E-state index in [0.29, 0.717) is 24.5 Å². The first kappa shape index (κ1) is 13.7. The average Bonchev–Trinajstić information content (AvgIpc) is 2.70. The summed E-state index contributed by atoms with van der Waals surface area (Å²) < 4.78 is 0. The molecule has 1 unspecified atom stereocenters. The van der Waals surface area contributed by atoms with Gasteiger partial charge in [-0.25, -0.2) is 14.8 Å². The zero-order valence-electron chi connectivity index (χ0n) is 11.9. The number of rotatable bonds is 4. The molecular weight excluding hydrogens is 244 g/mol. The van der Waals surface area contributed by atoms with E-state index in [0.717, 1.165) is 17.7 Å². The van der Waals surface area contributed by atoms with Gasteiger partial charge in [0.25, 0.3) is 5.91 Å². The number of hydrogen-bond donors (Lipinski definition) is 0. The smallest absolute Gasteiger partial charge is 0.294 e. The fraction of sp³-hybridized carbons (Fsp3) is 0.692. The molecule has 0 aliphatic carbocycles. The summed E-state index contributed by atoms with van der Waals surface area (Å²) in [5.74, 6) is 0.243. The lowest BCUT2D eigenvalue weighted by molar-refractivity contribution is -0.123. The number of imide groups is 1. The van der Waals surface area contributed by atoms with Gasteiger partial charge in [-0.1, -0.05) is 20.3 Å². The van der Waals surface area contributed by atoms with Gasteiger partial charge in [-0.2, -0.15) is 0 Å². The molecule has 0 spiro atoms. The predicted molar refractivity (Wildman–Crippen MR) is 73.3 cm³/mol. The number of amidine groups is 1. The van der Waals surface area contributed by atoms with Gasteiger partial charge in [0.05, 0.1) is 0 Å². The fourth-order valence-electron chi connectivity index (χ4n) is 2.75. The van der Waals surface area contributed by atoms with Crippen molar-refractivity contribution in [3.05, 3.63) is 0 Å². The maximum absolute atomic E-state index is 12.4. The topological polar surface area (TPSA) is 65.3 Å². The highest BCUT2D eigenvalue weighted by atomic mass is 16.2. The fourth-order valence-corrected chi connectivity index (χ4v) is 2.75. The molecule has 0 aromatic carbocycles. The molecule has 2 rings (SSSR count). The molecule has 2 heterocycles. The number of nitrogens with zero attached hydrogens (tertiary/aromatic N) is 4. The lowest BCUT2D eigenvalue weighted by Crippen LogP contribution is -2.67. The number of aliphatic imine (C=N–C) groups is 2. The van der Waals surface area contributed by atoms with Crippen molar-refractivity contribution in [2.24, 2.45) is 9.98 Å². The SMILES string of the molecule is CCCN1C(=O)N(C)C(=O)C2=NC(C)=NC21CCC. The monoisotopic (exact) mass is 264 g/mol. The minimum atomic E-state index is -0.866. The van der Waals surface area contributed by atoms with Crippen molar-refractivity contribution in [3.63, 3.8) is 0 Å².